The summed E-state index contributed by atoms with van der Waals surface area (Å²) in [6.45, 7) is 1.34. The Hall–Kier alpha value is -2.80. The number of nitrogens with two attached hydrogens (primary N) is 1. The molecule has 7 heteroatoms. The second-order valence-corrected chi connectivity index (χ2v) is 6.58. The second kappa shape index (κ2) is 8.89. The molecule has 0 heterocycles. The number of hydrogen-bond donors (Lipinski definition) is 2. The first-order chi connectivity index (χ1) is 12.0. The minimum Gasteiger partial charge on any atom is -0.455 e. The number of anilines is 1. The smallest absolute Gasteiger partial charge is 0.319 e. The molecule has 0 unspecified atom stereocenters. The first-order valence-corrected chi connectivity index (χ1v) is 8.41. The minimum atomic E-state index is -0.545. The Morgan fingerprint density at radius 2 is 1.72 bits per heavy atom. The number of esters is 1. The molecular weight excluding hydrogens is 340 g/mol. The summed E-state index contributed by atoms with van der Waals surface area (Å²) in [6.07, 6.45) is 0. The number of thioether (sulfide) groups is 1. The highest BCUT2D eigenvalue weighted by Crippen LogP contribution is 2.23. The van der Waals surface area contributed by atoms with Crippen LogP contribution >= 0.6 is 11.8 Å². The number of primary amides is 1. The number of rotatable bonds is 7. The average Bonchev–Trinajstić information content (AvgIpc) is 2.61. The number of amides is 2. The summed E-state index contributed by atoms with van der Waals surface area (Å²) in [5.41, 5.74) is 5.97. The fourth-order valence-electron chi connectivity index (χ4n) is 1.92. The summed E-state index contributed by atoms with van der Waals surface area (Å²) >= 11 is 1.36. The van der Waals surface area contributed by atoms with Crippen LogP contribution in [0.1, 0.15) is 17.3 Å². The molecule has 0 aliphatic carbocycles. The number of ether oxygens (including phenoxy) is 1. The van der Waals surface area contributed by atoms with Gasteiger partial charge in [-0.25, -0.2) is 0 Å². The van der Waals surface area contributed by atoms with Gasteiger partial charge in [-0.1, -0.05) is 18.2 Å². The third-order valence-corrected chi connectivity index (χ3v) is 4.28. The molecule has 2 rings (SSSR count). The summed E-state index contributed by atoms with van der Waals surface area (Å²) in [5, 5.41) is 2.15. The van der Waals surface area contributed by atoms with Gasteiger partial charge < -0.3 is 15.8 Å². The molecule has 0 saturated heterocycles. The van der Waals surface area contributed by atoms with Crippen molar-refractivity contribution in [2.75, 3.05) is 11.9 Å². The van der Waals surface area contributed by atoms with Gasteiger partial charge in [-0.2, -0.15) is 0 Å². The van der Waals surface area contributed by atoms with Crippen molar-refractivity contribution in [1.82, 2.24) is 0 Å². The maximum Gasteiger partial charge on any atom is 0.319 e. The molecule has 2 aromatic carbocycles. The van der Waals surface area contributed by atoms with Gasteiger partial charge in [0.25, 0.3) is 5.91 Å². The van der Waals surface area contributed by atoms with E-state index in [4.69, 9.17) is 10.5 Å². The van der Waals surface area contributed by atoms with Crippen molar-refractivity contribution >= 4 is 35.2 Å². The fraction of sp³-hybridized carbons (Fsp3) is 0.167. The Morgan fingerprint density at radius 1 is 1.08 bits per heavy atom. The van der Waals surface area contributed by atoms with Gasteiger partial charge >= 0.3 is 5.97 Å². The van der Waals surface area contributed by atoms with E-state index >= 15 is 0 Å². The van der Waals surface area contributed by atoms with Crippen molar-refractivity contribution in [2.45, 2.75) is 17.1 Å². The first-order valence-electron chi connectivity index (χ1n) is 7.54. The number of nitrogens with one attached hydrogen (secondary N) is 1. The van der Waals surface area contributed by atoms with Gasteiger partial charge in [0.2, 0.25) is 5.91 Å². The van der Waals surface area contributed by atoms with E-state index in [1.54, 1.807) is 19.1 Å². The maximum absolute atomic E-state index is 11.9. The zero-order chi connectivity index (χ0) is 18.2. The lowest BCUT2D eigenvalue weighted by molar-refractivity contribution is -0.146. The zero-order valence-corrected chi connectivity index (χ0v) is 14.4. The van der Waals surface area contributed by atoms with Crippen LogP contribution in [0.4, 0.5) is 5.69 Å². The van der Waals surface area contributed by atoms with Crippen LogP contribution in [0.5, 0.6) is 0 Å². The molecule has 130 valence electrons. The lowest BCUT2D eigenvalue weighted by atomic mass is 10.2. The van der Waals surface area contributed by atoms with Gasteiger partial charge in [-0.05, 0) is 43.3 Å². The van der Waals surface area contributed by atoms with E-state index in [2.05, 4.69) is 5.32 Å². The molecule has 0 bridgehead atoms. The van der Waals surface area contributed by atoms with Crippen LogP contribution in [0, 0.1) is 0 Å². The molecule has 0 radical (unpaired) electrons. The average molecular weight is 358 g/mol. The number of benzene rings is 2. The standard InChI is InChI=1S/C18H18N2O4S/c1-12(25-15-5-3-2-4-6-15)18(23)24-11-16(21)20-14-9-7-13(8-10-14)17(19)22/h2-10,12H,11H2,1H3,(H2,19,22)(H,20,21)/t12-/m0/s1. The van der Waals surface area contributed by atoms with Crippen LogP contribution in [0.2, 0.25) is 0 Å². The molecule has 0 saturated carbocycles. The normalized spacial score (nSPS) is 11.4. The summed E-state index contributed by atoms with van der Waals surface area (Å²) < 4.78 is 5.03. The molecule has 6 nitrogen and oxygen atoms in total. The third-order valence-electron chi connectivity index (χ3n) is 3.19. The van der Waals surface area contributed by atoms with Gasteiger partial charge in [-0.15, -0.1) is 11.8 Å². The van der Waals surface area contributed by atoms with Crippen molar-refractivity contribution in [3.63, 3.8) is 0 Å². The number of hydrogen-bond acceptors (Lipinski definition) is 5. The van der Waals surface area contributed by atoms with Crippen molar-refractivity contribution < 1.29 is 19.1 Å². The number of carbonyl (C=O) groups excluding carboxylic acids is 3. The van der Waals surface area contributed by atoms with E-state index in [0.717, 1.165) is 4.90 Å². The van der Waals surface area contributed by atoms with Crippen molar-refractivity contribution in [1.29, 1.82) is 0 Å². The lowest BCUT2D eigenvalue weighted by Gasteiger charge is -2.11. The molecule has 0 aromatic heterocycles. The van der Waals surface area contributed by atoms with Crippen LogP contribution in [0.15, 0.2) is 59.5 Å². The molecule has 3 N–H and O–H groups in total. The molecule has 0 fully saturated rings. The molecule has 1 atom stereocenters. The van der Waals surface area contributed by atoms with E-state index in [1.165, 1.54) is 23.9 Å². The van der Waals surface area contributed by atoms with E-state index in [0.29, 0.717) is 11.3 Å². The molecule has 0 aliphatic rings. The van der Waals surface area contributed by atoms with E-state index in [1.807, 2.05) is 30.3 Å². The third kappa shape index (κ3) is 5.96. The Bertz CT molecular complexity index is 747. The summed E-state index contributed by atoms with van der Waals surface area (Å²) in [5.74, 6) is -1.47. The number of carbonyl (C=O) groups is 3. The van der Waals surface area contributed by atoms with E-state index in [-0.39, 0.29) is 6.61 Å². The topological polar surface area (TPSA) is 98.5 Å². The monoisotopic (exact) mass is 358 g/mol. The Morgan fingerprint density at radius 3 is 2.32 bits per heavy atom. The highest BCUT2D eigenvalue weighted by atomic mass is 32.2. The second-order valence-electron chi connectivity index (χ2n) is 5.17. The highest BCUT2D eigenvalue weighted by molar-refractivity contribution is 8.00. The summed E-state index contributed by atoms with van der Waals surface area (Å²) in [4.78, 5) is 35.7. The van der Waals surface area contributed by atoms with Crippen LogP contribution in [0.3, 0.4) is 0 Å². The molecular formula is C18H18N2O4S. The van der Waals surface area contributed by atoms with Crippen molar-refractivity contribution in [3.05, 3.63) is 60.2 Å². The van der Waals surface area contributed by atoms with Gasteiger partial charge in [0.05, 0.1) is 0 Å². The largest absolute Gasteiger partial charge is 0.455 e. The Kier molecular flexibility index (Phi) is 6.59. The predicted molar refractivity (Wildman–Crippen MR) is 96.3 cm³/mol. The van der Waals surface area contributed by atoms with Gasteiger partial charge in [-0.3, -0.25) is 14.4 Å². The first kappa shape index (κ1) is 18.5. The van der Waals surface area contributed by atoms with Crippen molar-refractivity contribution in [2.24, 2.45) is 5.73 Å². The molecule has 0 spiro atoms. The maximum atomic E-state index is 11.9. The quantitative estimate of drug-likeness (QED) is 0.585. The zero-order valence-electron chi connectivity index (χ0n) is 13.6. The summed E-state index contributed by atoms with van der Waals surface area (Å²) in [7, 11) is 0. The molecule has 2 amide bonds. The van der Waals surface area contributed by atoms with E-state index < -0.39 is 23.0 Å². The molecule has 25 heavy (non-hydrogen) atoms. The summed E-state index contributed by atoms with van der Waals surface area (Å²) in [6, 6.07) is 15.6. The Labute approximate surface area is 149 Å². The predicted octanol–water partition coefficient (Wildman–Crippen LogP) is 2.45. The van der Waals surface area contributed by atoms with Crippen LogP contribution in [0.25, 0.3) is 0 Å². The molecule has 2 aromatic rings. The van der Waals surface area contributed by atoms with Crippen LogP contribution in [-0.4, -0.2) is 29.6 Å². The van der Waals surface area contributed by atoms with Gasteiger partial charge in [0.1, 0.15) is 5.25 Å². The lowest BCUT2D eigenvalue weighted by Crippen LogP contribution is -2.24. The highest BCUT2D eigenvalue weighted by Gasteiger charge is 2.17. The van der Waals surface area contributed by atoms with Gasteiger partial charge in [0.15, 0.2) is 6.61 Å². The Balaban J connectivity index is 1.78. The van der Waals surface area contributed by atoms with Crippen LogP contribution < -0.4 is 11.1 Å². The fourth-order valence-corrected chi connectivity index (χ4v) is 2.81. The van der Waals surface area contributed by atoms with Crippen LogP contribution in [-0.2, 0) is 14.3 Å². The van der Waals surface area contributed by atoms with Gasteiger partial charge in [0, 0.05) is 16.1 Å². The molecule has 0 aliphatic heterocycles. The minimum absolute atomic E-state index is 0.344. The van der Waals surface area contributed by atoms with E-state index in [9.17, 15) is 14.4 Å². The van der Waals surface area contributed by atoms with Crippen molar-refractivity contribution in [3.8, 4) is 0 Å². The SMILES string of the molecule is C[C@H](Sc1ccccc1)C(=O)OCC(=O)Nc1ccc(C(N)=O)cc1.